The fourth-order valence-electron chi connectivity index (χ4n) is 5.36. The first-order valence-corrected chi connectivity index (χ1v) is 12.7. The molecule has 4 aromatic carbocycles. The molecule has 0 aliphatic rings. The summed E-state index contributed by atoms with van der Waals surface area (Å²) in [6.45, 7) is 7.21. The van der Waals surface area contributed by atoms with Gasteiger partial charge in [0.25, 0.3) is 0 Å². The molecule has 0 unspecified atom stereocenters. The van der Waals surface area contributed by atoms with E-state index < -0.39 is 17.6 Å². The Bertz CT molecular complexity index is 1960. The van der Waals surface area contributed by atoms with Crippen molar-refractivity contribution in [2.24, 2.45) is 12.5 Å². The quantitative estimate of drug-likeness (QED) is 0.218. The maximum absolute atomic E-state index is 15.6. The average molecular weight is 509 g/mol. The van der Waals surface area contributed by atoms with Gasteiger partial charge in [-0.1, -0.05) is 75.4 Å². The number of aryl methyl sites for hydroxylation is 2. The van der Waals surface area contributed by atoms with Crippen LogP contribution in [-0.2, 0) is 13.4 Å². The molecule has 0 fully saturated rings. The first kappa shape index (κ1) is 22.0. The van der Waals surface area contributed by atoms with Crippen LogP contribution in [0.1, 0.15) is 34.6 Å². The van der Waals surface area contributed by atoms with E-state index >= 15 is 8.78 Å². The number of pyridine rings is 1. The van der Waals surface area contributed by atoms with Gasteiger partial charge in [-0.3, -0.25) is 0 Å². The molecule has 4 heteroatoms. The Labute approximate surface area is 224 Å². The highest BCUT2D eigenvalue weighted by molar-refractivity contribution is 6.15. The van der Waals surface area contributed by atoms with Gasteiger partial charge in [-0.25, -0.2) is 8.78 Å². The third-order valence-electron chi connectivity index (χ3n) is 7.02. The van der Waals surface area contributed by atoms with Crippen molar-refractivity contribution in [2.75, 3.05) is 0 Å². The summed E-state index contributed by atoms with van der Waals surface area (Å²) < 4.78 is 56.6. The summed E-state index contributed by atoms with van der Waals surface area (Å²) in [5.74, 6) is -0.991. The predicted octanol–water partition coefficient (Wildman–Crippen LogP) is 9.07. The average Bonchev–Trinajstić information content (AvgIpc) is 3.26. The van der Waals surface area contributed by atoms with Gasteiger partial charge in [-0.05, 0) is 52.7 Å². The maximum Gasteiger partial charge on any atom is 0.216 e. The van der Waals surface area contributed by atoms with Crippen LogP contribution in [0.15, 0.2) is 83.4 Å². The highest BCUT2D eigenvalue weighted by Gasteiger charge is 2.26. The van der Waals surface area contributed by atoms with Gasteiger partial charge < -0.3 is 4.42 Å². The van der Waals surface area contributed by atoms with E-state index in [2.05, 4.69) is 0 Å². The van der Waals surface area contributed by atoms with Gasteiger partial charge in [0.1, 0.15) is 24.0 Å². The van der Waals surface area contributed by atoms with Crippen LogP contribution in [0.2, 0.25) is 0 Å². The van der Waals surface area contributed by atoms with Crippen LogP contribution in [0.3, 0.4) is 0 Å². The van der Waals surface area contributed by atoms with Crippen LogP contribution >= 0.6 is 0 Å². The molecule has 2 aromatic heterocycles. The zero-order valence-electron chi connectivity index (χ0n) is 24.1. The lowest BCUT2D eigenvalue weighted by Gasteiger charge is -2.18. The van der Waals surface area contributed by atoms with E-state index in [1.54, 1.807) is 44.5 Å². The van der Waals surface area contributed by atoms with Crippen molar-refractivity contribution in [1.29, 1.82) is 0 Å². The lowest BCUT2D eigenvalue weighted by molar-refractivity contribution is -0.662. The lowest BCUT2D eigenvalue weighted by atomic mass is 9.87. The summed E-state index contributed by atoms with van der Waals surface area (Å²) in [7, 11) is 1.73. The zero-order chi connectivity index (χ0) is 28.6. The van der Waals surface area contributed by atoms with Gasteiger partial charge in [0.15, 0.2) is 5.82 Å². The Morgan fingerprint density at radius 1 is 0.816 bits per heavy atom. The number of benzene rings is 4. The fraction of sp³-hybridized carbons (Fsp3) is 0.206. The summed E-state index contributed by atoms with van der Waals surface area (Å²) in [4.78, 5) is 0. The van der Waals surface area contributed by atoms with Gasteiger partial charge >= 0.3 is 0 Å². The molecule has 0 radical (unpaired) electrons. The van der Waals surface area contributed by atoms with Gasteiger partial charge in [0.05, 0.1) is 11.1 Å². The van der Waals surface area contributed by atoms with Gasteiger partial charge in [0.2, 0.25) is 11.9 Å². The Kier molecular flexibility index (Phi) is 5.07. The third-order valence-corrected chi connectivity index (χ3v) is 7.02. The minimum atomic E-state index is -1.93. The summed E-state index contributed by atoms with van der Waals surface area (Å²) in [5.41, 5.74) is 3.47. The van der Waals surface area contributed by atoms with E-state index in [0.717, 1.165) is 32.7 Å². The molecular formula is C34H30F2NO+. The molecule has 0 bridgehead atoms. The molecule has 190 valence electrons. The predicted molar refractivity (Wildman–Crippen MR) is 151 cm³/mol. The van der Waals surface area contributed by atoms with Crippen LogP contribution in [0.25, 0.3) is 55.1 Å². The van der Waals surface area contributed by atoms with E-state index in [0.29, 0.717) is 28.0 Å². The van der Waals surface area contributed by atoms with Crippen molar-refractivity contribution in [2.45, 2.75) is 34.1 Å². The van der Waals surface area contributed by atoms with Crippen molar-refractivity contribution in [3.63, 3.8) is 0 Å². The number of hydrogen-bond acceptors (Lipinski definition) is 1. The molecule has 38 heavy (non-hydrogen) atoms. The maximum atomic E-state index is 15.6. The number of hydrogen-bond donors (Lipinski definition) is 0. The topological polar surface area (TPSA) is 17.0 Å². The van der Waals surface area contributed by atoms with Crippen molar-refractivity contribution in [1.82, 2.24) is 0 Å². The Morgan fingerprint density at radius 2 is 1.50 bits per heavy atom. The molecule has 6 rings (SSSR count). The molecule has 0 amide bonds. The van der Waals surface area contributed by atoms with Gasteiger partial charge in [-0.2, -0.15) is 4.57 Å². The molecule has 6 aromatic rings. The molecule has 0 aliphatic carbocycles. The van der Waals surface area contributed by atoms with E-state index in [1.807, 2.05) is 61.5 Å². The Hall–Kier alpha value is -4.05. The first-order valence-electron chi connectivity index (χ1n) is 13.7. The molecule has 0 saturated heterocycles. The van der Waals surface area contributed by atoms with Crippen LogP contribution in [0.4, 0.5) is 8.78 Å². The first-order chi connectivity index (χ1) is 18.9. The van der Waals surface area contributed by atoms with Gasteiger partial charge in [0, 0.05) is 25.1 Å². The second-order valence-corrected chi connectivity index (χ2v) is 11.0. The van der Waals surface area contributed by atoms with Crippen molar-refractivity contribution in [3.8, 4) is 22.4 Å². The molecular weight excluding hydrogens is 476 g/mol. The second-order valence-electron chi connectivity index (χ2n) is 11.0. The number of furan rings is 1. The summed E-state index contributed by atoms with van der Waals surface area (Å²) in [6, 6.07) is 22.4. The Balaban J connectivity index is 1.69. The van der Waals surface area contributed by atoms with E-state index in [1.165, 1.54) is 12.3 Å². The molecule has 0 saturated carbocycles. The van der Waals surface area contributed by atoms with E-state index in [9.17, 15) is 0 Å². The fourth-order valence-corrected chi connectivity index (χ4v) is 5.36. The number of fused-ring (bicyclic) bond motifs is 4. The summed E-state index contributed by atoms with van der Waals surface area (Å²) in [5, 5.41) is 3.51. The summed E-state index contributed by atoms with van der Waals surface area (Å²) >= 11 is 0. The number of aromatic nitrogens is 1. The van der Waals surface area contributed by atoms with Crippen LogP contribution < -0.4 is 4.57 Å². The largest absolute Gasteiger partial charge is 0.454 e. The minimum absolute atomic E-state index is 0.0110. The standard InChI is InChI=1S/C34H30F2NO/c1-20-13-14-25-26-15-16-27(35)31(24-12-8-10-21-9-6-7-11-23(21)24)33(26)38-32(25)30(20)29-17-22(18-34(2,3)4)28(36)19-37(29)5/h6-17,19H,18H2,1-5H3/q+1/i18D2. The Morgan fingerprint density at radius 3 is 2.26 bits per heavy atom. The van der Waals surface area contributed by atoms with E-state index in [-0.39, 0.29) is 11.4 Å². The van der Waals surface area contributed by atoms with Gasteiger partial charge in [-0.15, -0.1) is 0 Å². The minimum Gasteiger partial charge on any atom is -0.454 e. The number of rotatable bonds is 3. The summed E-state index contributed by atoms with van der Waals surface area (Å²) in [6.07, 6.45) is -0.614. The highest BCUT2D eigenvalue weighted by Crippen LogP contribution is 2.43. The second kappa shape index (κ2) is 8.76. The monoisotopic (exact) mass is 508 g/mol. The third kappa shape index (κ3) is 3.96. The smallest absolute Gasteiger partial charge is 0.216 e. The van der Waals surface area contributed by atoms with Crippen LogP contribution in [-0.4, -0.2) is 0 Å². The number of nitrogens with zero attached hydrogens (tertiary/aromatic N) is 1. The van der Waals surface area contributed by atoms with Crippen molar-refractivity contribution in [3.05, 3.63) is 102 Å². The highest BCUT2D eigenvalue weighted by atomic mass is 19.1. The van der Waals surface area contributed by atoms with Crippen molar-refractivity contribution >= 4 is 32.7 Å². The molecule has 0 atom stereocenters. The molecule has 0 N–H and O–H groups in total. The molecule has 0 spiro atoms. The molecule has 0 aliphatic heterocycles. The molecule has 2 heterocycles. The normalized spacial score (nSPS) is 13.3. The van der Waals surface area contributed by atoms with Crippen molar-refractivity contribution < 1.29 is 20.5 Å². The zero-order valence-corrected chi connectivity index (χ0v) is 22.1. The van der Waals surface area contributed by atoms with E-state index in [4.69, 9.17) is 7.16 Å². The number of halogens is 2. The SMILES string of the molecule is [2H]C([2H])(c1cc(-c2c(C)ccc3c2oc2c(-c4cccc5ccccc45)c(F)ccc23)[n+](C)cc1F)C(C)(C)C. The molecule has 2 nitrogen and oxygen atoms in total. The lowest BCUT2D eigenvalue weighted by Crippen LogP contribution is -2.32. The van der Waals surface area contributed by atoms with Crippen LogP contribution in [0, 0.1) is 24.0 Å². The van der Waals surface area contributed by atoms with Crippen LogP contribution in [0.5, 0.6) is 0 Å².